The minimum Gasteiger partial charge on any atom is -0.385 e. The standard InChI is InChI=1S/C16H25N5O2S2/c1-3-21-9-12(10-24)23-8-7-18-13-5-4-6-14(19-13)25-20-16(22)11(2)15(21)17/h4-6,12,24H,3,7-10,17H2,1-2H3,(H,18,19)(H,20,22). The van der Waals surface area contributed by atoms with Crippen LogP contribution in [0.5, 0.6) is 0 Å². The van der Waals surface area contributed by atoms with Crippen LogP contribution in [0.2, 0.25) is 0 Å². The van der Waals surface area contributed by atoms with E-state index in [4.69, 9.17) is 10.5 Å². The molecule has 0 radical (unpaired) electrons. The molecule has 1 aromatic heterocycles. The van der Waals surface area contributed by atoms with Gasteiger partial charge in [0, 0.05) is 37.3 Å². The zero-order chi connectivity index (χ0) is 18.2. The summed E-state index contributed by atoms with van der Waals surface area (Å²) in [6.07, 6.45) is -0.0849. The van der Waals surface area contributed by atoms with Crippen LogP contribution in [0.1, 0.15) is 13.8 Å². The lowest BCUT2D eigenvalue weighted by Crippen LogP contribution is -2.39. The SMILES string of the molecule is CCN1CC(CS)OCCNc2cccc(n2)SNC(=O)C(C)=C1N. The van der Waals surface area contributed by atoms with Crippen LogP contribution in [0, 0.1) is 0 Å². The Morgan fingerprint density at radius 1 is 1.52 bits per heavy atom. The number of pyridine rings is 1. The molecule has 0 spiro atoms. The maximum absolute atomic E-state index is 12.4. The van der Waals surface area contributed by atoms with Crippen molar-refractivity contribution in [3.8, 4) is 0 Å². The first kappa shape index (κ1) is 19.7. The number of thiol groups is 1. The van der Waals surface area contributed by atoms with Gasteiger partial charge in [-0.2, -0.15) is 12.6 Å². The monoisotopic (exact) mass is 383 g/mol. The summed E-state index contributed by atoms with van der Waals surface area (Å²) >= 11 is 5.53. The van der Waals surface area contributed by atoms with E-state index in [1.54, 1.807) is 6.92 Å². The summed E-state index contributed by atoms with van der Waals surface area (Å²) in [5, 5.41) is 3.91. The summed E-state index contributed by atoms with van der Waals surface area (Å²) in [7, 11) is 0. The second kappa shape index (κ2) is 9.79. The van der Waals surface area contributed by atoms with Crippen molar-refractivity contribution in [3.63, 3.8) is 0 Å². The van der Waals surface area contributed by atoms with E-state index >= 15 is 0 Å². The van der Waals surface area contributed by atoms with E-state index in [0.717, 1.165) is 5.82 Å². The number of aromatic nitrogens is 1. The van der Waals surface area contributed by atoms with Crippen LogP contribution in [-0.2, 0) is 9.53 Å². The second-order valence-corrected chi connectivity index (χ2v) is 6.74. The fourth-order valence-corrected chi connectivity index (χ4v) is 3.17. The first-order valence-electron chi connectivity index (χ1n) is 8.17. The van der Waals surface area contributed by atoms with Crippen molar-refractivity contribution in [2.45, 2.75) is 25.0 Å². The predicted octanol–water partition coefficient (Wildman–Crippen LogP) is 1.46. The molecule has 1 amide bonds. The number of hydrogen-bond donors (Lipinski definition) is 4. The predicted molar refractivity (Wildman–Crippen MR) is 104 cm³/mol. The summed E-state index contributed by atoms with van der Waals surface area (Å²) < 4.78 is 8.68. The minimum atomic E-state index is -0.237. The van der Waals surface area contributed by atoms with E-state index in [1.807, 2.05) is 30.0 Å². The fourth-order valence-electron chi connectivity index (χ4n) is 2.31. The molecular weight excluding hydrogens is 358 g/mol. The molecule has 2 rings (SSSR count). The molecule has 1 unspecified atom stereocenters. The minimum absolute atomic E-state index is 0.0849. The smallest absolute Gasteiger partial charge is 0.260 e. The van der Waals surface area contributed by atoms with Crippen LogP contribution in [0.4, 0.5) is 5.82 Å². The summed E-state index contributed by atoms with van der Waals surface area (Å²) in [6.45, 7) is 6.13. The van der Waals surface area contributed by atoms with Crippen molar-refractivity contribution in [1.29, 1.82) is 0 Å². The van der Waals surface area contributed by atoms with E-state index in [9.17, 15) is 4.79 Å². The highest BCUT2D eigenvalue weighted by atomic mass is 32.2. The number of anilines is 1. The van der Waals surface area contributed by atoms with Crippen LogP contribution < -0.4 is 15.8 Å². The van der Waals surface area contributed by atoms with Gasteiger partial charge in [0.05, 0.1) is 18.3 Å². The van der Waals surface area contributed by atoms with Crippen LogP contribution in [-0.4, -0.2) is 53.9 Å². The van der Waals surface area contributed by atoms with Gasteiger partial charge >= 0.3 is 0 Å². The van der Waals surface area contributed by atoms with E-state index in [-0.39, 0.29) is 12.0 Å². The zero-order valence-corrected chi connectivity index (χ0v) is 16.2. The summed E-state index contributed by atoms with van der Waals surface area (Å²) in [5.74, 6) is 1.52. The number of nitrogens with zero attached hydrogens (tertiary/aromatic N) is 2. The quantitative estimate of drug-likeness (QED) is 0.454. The van der Waals surface area contributed by atoms with Gasteiger partial charge in [-0.3, -0.25) is 9.52 Å². The van der Waals surface area contributed by atoms with Crippen LogP contribution in [0.25, 0.3) is 0 Å². The second-order valence-electron chi connectivity index (χ2n) is 5.55. The third-order valence-electron chi connectivity index (χ3n) is 3.81. The first-order valence-corrected chi connectivity index (χ1v) is 9.62. The average Bonchev–Trinajstić information content (AvgIpc) is 2.64. The number of fused-ring (bicyclic) bond motifs is 2. The highest BCUT2D eigenvalue weighted by Crippen LogP contribution is 2.16. The van der Waals surface area contributed by atoms with Gasteiger partial charge in [0.15, 0.2) is 0 Å². The van der Waals surface area contributed by atoms with E-state index < -0.39 is 0 Å². The van der Waals surface area contributed by atoms with Crippen LogP contribution in [0.15, 0.2) is 34.6 Å². The molecule has 9 heteroatoms. The molecule has 2 heterocycles. The van der Waals surface area contributed by atoms with E-state index in [1.165, 1.54) is 11.9 Å². The lowest BCUT2D eigenvalue weighted by molar-refractivity contribution is -0.115. The molecule has 0 aliphatic carbocycles. The Kier molecular flexibility index (Phi) is 7.73. The highest BCUT2D eigenvalue weighted by Gasteiger charge is 2.18. The van der Waals surface area contributed by atoms with Crippen LogP contribution in [0.3, 0.4) is 0 Å². The summed E-state index contributed by atoms with van der Waals surface area (Å²) in [4.78, 5) is 18.8. The molecule has 2 bridgehead atoms. The van der Waals surface area contributed by atoms with Gasteiger partial charge in [0.25, 0.3) is 5.91 Å². The number of amides is 1. The molecule has 138 valence electrons. The topological polar surface area (TPSA) is 92.5 Å². The number of likely N-dealkylation sites (N-methyl/N-ethyl adjacent to an activating group) is 1. The Morgan fingerprint density at radius 2 is 2.32 bits per heavy atom. The van der Waals surface area contributed by atoms with Crippen molar-refractivity contribution in [3.05, 3.63) is 29.6 Å². The zero-order valence-electron chi connectivity index (χ0n) is 14.5. The van der Waals surface area contributed by atoms with Gasteiger partial charge in [0.1, 0.15) is 16.7 Å². The van der Waals surface area contributed by atoms with Crippen molar-refractivity contribution in [1.82, 2.24) is 14.6 Å². The third-order valence-corrected chi connectivity index (χ3v) is 4.94. The van der Waals surface area contributed by atoms with Crippen LogP contribution >= 0.6 is 24.6 Å². The maximum atomic E-state index is 12.4. The number of carbonyl (C=O) groups excluding carboxylic acids is 1. The molecule has 1 aliphatic rings. The molecule has 7 nitrogen and oxygen atoms in total. The molecule has 0 saturated carbocycles. The number of nitrogens with one attached hydrogen (secondary N) is 2. The van der Waals surface area contributed by atoms with E-state index in [0.29, 0.717) is 48.4 Å². The number of nitrogens with two attached hydrogens (primary N) is 1. The molecule has 1 aromatic rings. The van der Waals surface area contributed by atoms with Crippen molar-refractivity contribution < 1.29 is 9.53 Å². The maximum Gasteiger partial charge on any atom is 0.260 e. The largest absolute Gasteiger partial charge is 0.385 e. The van der Waals surface area contributed by atoms with Gasteiger partial charge in [-0.1, -0.05) is 6.07 Å². The van der Waals surface area contributed by atoms with Gasteiger partial charge in [-0.25, -0.2) is 4.98 Å². The van der Waals surface area contributed by atoms with Gasteiger partial charge in [-0.15, -0.1) is 0 Å². The Hall–Kier alpha value is -1.58. The number of rotatable bonds is 2. The molecule has 1 atom stereocenters. The first-order chi connectivity index (χ1) is 12.0. The number of ether oxygens (including phenoxy) is 1. The molecule has 0 aromatic carbocycles. The van der Waals surface area contributed by atoms with Gasteiger partial charge in [-0.05, 0) is 26.0 Å². The van der Waals surface area contributed by atoms with Gasteiger partial charge < -0.3 is 20.7 Å². The molecule has 0 saturated heterocycles. The molecule has 4 N–H and O–H groups in total. The lowest BCUT2D eigenvalue weighted by atomic mass is 10.2. The lowest BCUT2D eigenvalue weighted by Gasteiger charge is -2.28. The van der Waals surface area contributed by atoms with Crippen molar-refractivity contribution in [2.75, 3.05) is 37.3 Å². The molecule has 0 fully saturated rings. The Labute approximate surface area is 158 Å². The van der Waals surface area contributed by atoms with Crippen molar-refractivity contribution >= 4 is 36.3 Å². The Morgan fingerprint density at radius 3 is 3.04 bits per heavy atom. The summed E-state index contributed by atoms with van der Waals surface area (Å²) in [6, 6.07) is 5.60. The Bertz CT molecular complexity index is 626. The number of hydrogen-bond acceptors (Lipinski definition) is 8. The van der Waals surface area contributed by atoms with E-state index in [2.05, 4.69) is 27.7 Å². The Balaban J connectivity index is 2.24. The average molecular weight is 384 g/mol. The molecular formula is C16H25N5O2S2. The summed E-state index contributed by atoms with van der Waals surface area (Å²) in [5.41, 5.74) is 6.68. The normalized spacial score (nSPS) is 20.4. The number of carbonyl (C=O) groups is 1. The third kappa shape index (κ3) is 5.72. The molecule has 25 heavy (non-hydrogen) atoms. The van der Waals surface area contributed by atoms with Gasteiger partial charge in [0.2, 0.25) is 0 Å². The molecule has 1 aliphatic heterocycles. The highest BCUT2D eigenvalue weighted by molar-refractivity contribution is 7.97. The fraction of sp³-hybridized carbons (Fsp3) is 0.500. The van der Waals surface area contributed by atoms with Crippen molar-refractivity contribution in [2.24, 2.45) is 5.73 Å².